The first-order valence-corrected chi connectivity index (χ1v) is 7.43. The number of nitrogens with one attached hydrogen (secondary N) is 1. The molecule has 0 radical (unpaired) electrons. The van der Waals surface area contributed by atoms with E-state index in [-0.39, 0.29) is 10.6 Å². The van der Waals surface area contributed by atoms with E-state index in [1.807, 2.05) is 0 Å². The second kappa shape index (κ2) is 6.71. The van der Waals surface area contributed by atoms with Crippen LogP contribution < -0.4 is 10.2 Å². The van der Waals surface area contributed by atoms with Crippen LogP contribution in [0.2, 0.25) is 0 Å². The van der Waals surface area contributed by atoms with Crippen molar-refractivity contribution in [3.8, 4) is 0 Å². The molecular formula is C14H20N4O2S. The minimum Gasteiger partial charge on any atom is -0.368 e. The van der Waals surface area contributed by atoms with Gasteiger partial charge in [-0.1, -0.05) is 0 Å². The molecule has 1 aliphatic rings. The van der Waals surface area contributed by atoms with Crippen LogP contribution in [-0.2, 0) is 0 Å². The quantitative estimate of drug-likeness (QED) is 0.523. The van der Waals surface area contributed by atoms with Crippen LogP contribution in [-0.4, -0.2) is 47.2 Å². The number of hydrogen-bond acceptors (Lipinski definition) is 4. The molecule has 0 atom stereocenters. The molecular weight excluding hydrogens is 288 g/mol. The third-order valence-corrected chi connectivity index (χ3v) is 3.78. The summed E-state index contributed by atoms with van der Waals surface area (Å²) in [5, 5.41) is 14.7. The zero-order valence-corrected chi connectivity index (χ0v) is 13.1. The SMILES string of the molecule is CC(C)NC(=S)N1CCN(c2ccc([N+](=O)[O-])cc2)CC1. The Morgan fingerprint density at radius 1 is 1.24 bits per heavy atom. The number of anilines is 1. The molecule has 1 heterocycles. The first kappa shape index (κ1) is 15.5. The Kier molecular flexibility index (Phi) is 4.95. The lowest BCUT2D eigenvalue weighted by atomic mass is 10.2. The van der Waals surface area contributed by atoms with Gasteiger partial charge in [0.05, 0.1) is 4.92 Å². The van der Waals surface area contributed by atoms with Crippen molar-refractivity contribution in [2.24, 2.45) is 0 Å². The minimum absolute atomic E-state index is 0.125. The molecule has 1 fully saturated rings. The number of thiocarbonyl (C=S) groups is 1. The lowest BCUT2D eigenvalue weighted by Gasteiger charge is -2.37. The molecule has 0 aromatic heterocycles. The van der Waals surface area contributed by atoms with Gasteiger partial charge in [-0.05, 0) is 38.2 Å². The van der Waals surface area contributed by atoms with Crippen LogP contribution in [0.3, 0.4) is 0 Å². The van der Waals surface area contributed by atoms with E-state index in [0.29, 0.717) is 6.04 Å². The molecule has 0 spiro atoms. The Balaban J connectivity index is 1.91. The summed E-state index contributed by atoms with van der Waals surface area (Å²) in [6.07, 6.45) is 0. The van der Waals surface area contributed by atoms with Gasteiger partial charge in [0.15, 0.2) is 5.11 Å². The molecule has 0 bridgehead atoms. The molecule has 7 heteroatoms. The van der Waals surface area contributed by atoms with E-state index in [2.05, 4.69) is 29.0 Å². The fourth-order valence-electron chi connectivity index (χ4n) is 2.29. The summed E-state index contributed by atoms with van der Waals surface area (Å²) >= 11 is 5.37. The van der Waals surface area contributed by atoms with Crippen molar-refractivity contribution in [3.63, 3.8) is 0 Å². The van der Waals surface area contributed by atoms with Gasteiger partial charge in [0.1, 0.15) is 0 Å². The highest BCUT2D eigenvalue weighted by atomic mass is 32.1. The number of nitro groups is 1. The van der Waals surface area contributed by atoms with Crippen LogP contribution in [0.25, 0.3) is 0 Å². The topological polar surface area (TPSA) is 61.6 Å². The number of non-ortho nitro benzene ring substituents is 1. The van der Waals surface area contributed by atoms with Gasteiger partial charge in [-0.25, -0.2) is 0 Å². The molecule has 0 amide bonds. The van der Waals surface area contributed by atoms with Gasteiger partial charge in [-0.15, -0.1) is 0 Å². The Morgan fingerprint density at radius 3 is 2.29 bits per heavy atom. The van der Waals surface area contributed by atoms with Crippen molar-refractivity contribution in [1.29, 1.82) is 0 Å². The van der Waals surface area contributed by atoms with E-state index in [0.717, 1.165) is 37.0 Å². The maximum absolute atomic E-state index is 10.7. The number of piperazine rings is 1. The average molecular weight is 308 g/mol. The molecule has 1 N–H and O–H groups in total. The molecule has 0 unspecified atom stereocenters. The van der Waals surface area contributed by atoms with E-state index in [1.165, 1.54) is 0 Å². The van der Waals surface area contributed by atoms with Gasteiger partial charge in [0.2, 0.25) is 0 Å². The van der Waals surface area contributed by atoms with Crippen molar-refractivity contribution in [2.45, 2.75) is 19.9 Å². The van der Waals surface area contributed by atoms with Crippen molar-refractivity contribution >= 4 is 28.7 Å². The van der Waals surface area contributed by atoms with Crippen molar-refractivity contribution in [1.82, 2.24) is 10.2 Å². The Hall–Kier alpha value is -1.89. The molecule has 21 heavy (non-hydrogen) atoms. The predicted octanol–water partition coefficient (Wildman–Crippen LogP) is 2.00. The average Bonchev–Trinajstić information content (AvgIpc) is 2.47. The van der Waals surface area contributed by atoms with Crippen molar-refractivity contribution < 1.29 is 4.92 Å². The van der Waals surface area contributed by atoms with Gasteiger partial charge in [-0.3, -0.25) is 10.1 Å². The molecule has 0 aliphatic carbocycles. The standard InChI is InChI=1S/C14H20N4O2S/c1-11(2)15-14(21)17-9-7-16(8-10-17)12-3-5-13(6-4-12)18(19)20/h3-6,11H,7-10H2,1-2H3,(H,15,21). The number of nitrogens with zero attached hydrogens (tertiary/aromatic N) is 3. The highest BCUT2D eigenvalue weighted by molar-refractivity contribution is 7.80. The predicted molar refractivity (Wildman–Crippen MR) is 87.8 cm³/mol. The molecule has 1 saturated heterocycles. The summed E-state index contributed by atoms with van der Waals surface area (Å²) in [4.78, 5) is 14.7. The first-order chi connectivity index (χ1) is 9.97. The summed E-state index contributed by atoms with van der Waals surface area (Å²) in [6, 6.07) is 7.04. The number of hydrogen-bond donors (Lipinski definition) is 1. The summed E-state index contributed by atoms with van der Waals surface area (Å²) < 4.78 is 0. The minimum atomic E-state index is -0.377. The number of benzene rings is 1. The van der Waals surface area contributed by atoms with E-state index < -0.39 is 0 Å². The summed E-state index contributed by atoms with van der Waals surface area (Å²) in [7, 11) is 0. The fraction of sp³-hybridized carbons (Fsp3) is 0.500. The second-order valence-corrected chi connectivity index (χ2v) is 5.74. The van der Waals surface area contributed by atoms with Gasteiger partial charge < -0.3 is 15.1 Å². The van der Waals surface area contributed by atoms with E-state index in [4.69, 9.17) is 12.2 Å². The first-order valence-electron chi connectivity index (χ1n) is 7.02. The van der Waals surface area contributed by atoms with Gasteiger partial charge in [0.25, 0.3) is 5.69 Å². The van der Waals surface area contributed by atoms with Gasteiger partial charge >= 0.3 is 0 Å². The number of rotatable bonds is 3. The second-order valence-electron chi connectivity index (χ2n) is 5.35. The largest absolute Gasteiger partial charge is 0.368 e. The molecule has 0 saturated carbocycles. The van der Waals surface area contributed by atoms with Crippen LogP contribution >= 0.6 is 12.2 Å². The third-order valence-electron chi connectivity index (χ3n) is 3.40. The van der Waals surface area contributed by atoms with E-state index in [1.54, 1.807) is 24.3 Å². The van der Waals surface area contributed by atoms with Crippen LogP contribution in [0.15, 0.2) is 24.3 Å². The smallest absolute Gasteiger partial charge is 0.269 e. The Morgan fingerprint density at radius 2 is 1.81 bits per heavy atom. The zero-order valence-electron chi connectivity index (χ0n) is 12.3. The fourth-order valence-corrected chi connectivity index (χ4v) is 2.71. The van der Waals surface area contributed by atoms with Crippen molar-refractivity contribution in [2.75, 3.05) is 31.1 Å². The molecule has 2 rings (SSSR count). The molecule has 1 aliphatic heterocycles. The monoisotopic (exact) mass is 308 g/mol. The van der Waals surface area contributed by atoms with Gasteiger partial charge in [0, 0.05) is 50.0 Å². The van der Waals surface area contributed by atoms with Crippen LogP contribution in [0.4, 0.5) is 11.4 Å². The van der Waals surface area contributed by atoms with Crippen LogP contribution in [0, 0.1) is 10.1 Å². The Bertz CT molecular complexity index is 510. The Labute approximate surface area is 129 Å². The molecule has 6 nitrogen and oxygen atoms in total. The molecule has 1 aromatic carbocycles. The van der Waals surface area contributed by atoms with E-state index in [9.17, 15) is 10.1 Å². The van der Waals surface area contributed by atoms with Crippen molar-refractivity contribution in [3.05, 3.63) is 34.4 Å². The summed E-state index contributed by atoms with van der Waals surface area (Å²) in [5.74, 6) is 0. The normalized spacial score (nSPS) is 15.2. The number of nitro benzene ring substituents is 1. The third kappa shape index (κ3) is 4.04. The highest BCUT2D eigenvalue weighted by Gasteiger charge is 2.19. The van der Waals surface area contributed by atoms with Crippen LogP contribution in [0.5, 0.6) is 0 Å². The zero-order chi connectivity index (χ0) is 15.4. The lowest BCUT2D eigenvalue weighted by Crippen LogP contribution is -2.52. The maximum Gasteiger partial charge on any atom is 0.269 e. The van der Waals surface area contributed by atoms with Crippen LogP contribution in [0.1, 0.15) is 13.8 Å². The molecule has 1 aromatic rings. The molecule has 114 valence electrons. The highest BCUT2D eigenvalue weighted by Crippen LogP contribution is 2.20. The van der Waals surface area contributed by atoms with Gasteiger partial charge in [-0.2, -0.15) is 0 Å². The maximum atomic E-state index is 10.7. The summed E-state index contributed by atoms with van der Waals surface area (Å²) in [5.41, 5.74) is 1.14. The summed E-state index contributed by atoms with van der Waals surface area (Å²) in [6.45, 7) is 7.57. The lowest BCUT2D eigenvalue weighted by molar-refractivity contribution is -0.384. The van der Waals surface area contributed by atoms with E-state index >= 15 is 0 Å².